The zero-order valence-electron chi connectivity index (χ0n) is 17.0. The zero-order valence-corrected chi connectivity index (χ0v) is 19.3. The lowest BCUT2D eigenvalue weighted by Gasteiger charge is -2.32. The smallest absolute Gasteiger partial charge is 0.241 e. The topological polar surface area (TPSA) is 47.9 Å². The zero-order chi connectivity index (χ0) is 18.8. The van der Waals surface area contributed by atoms with Crippen LogP contribution in [0.15, 0.2) is 35.3 Å². The third kappa shape index (κ3) is 8.07. The lowest BCUT2D eigenvalue weighted by Crippen LogP contribution is -2.47. The number of hydrogen-bond acceptors (Lipinski definition) is 2. The fraction of sp³-hybridized carbons (Fsp3) is 0.619. The van der Waals surface area contributed by atoms with Gasteiger partial charge in [0.2, 0.25) is 5.91 Å². The molecule has 1 saturated heterocycles. The number of rotatable bonds is 7. The summed E-state index contributed by atoms with van der Waals surface area (Å²) in [6.07, 6.45) is 5.58. The molecule has 1 N–H and O–H groups in total. The summed E-state index contributed by atoms with van der Waals surface area (Å²) in [4.78, 5) is 20.9. The highest BCUT2D eigenvalue weighted by molar-refractivity contribution is 14.0. The molecule has 27 heavy (non-hydrogen) atoms. The van der Waals surface area contributed by atoms with Crippen molar-refractivity contribution in [3.8, 4) is 0 Å². The van der Waals surface area contributed by atoms with Crippen molar-refractivity contribution in [2.24, 2.45) is 10.9 Å². The second-order valence-electron chi connectivity index (χ2n) is 7.19. The van der Waals surface area contributed by atoms with E-state index in [0.717, 1.165) is 57.7 Å². The van der Waals surface area contributed by atoms with Crippen LogP contribution in [-0.4, -0.2) is 61.9 Å². The number of piperidine rings is 1. The van der Waals surface area contributed by atoms with E-state index in [1.165, 1.54) is 5.56 Å². The Morgan fingerprint density at radius 3 is 2.52 bits per heavy atom. The molecule has 1 fully saturated rings. The van der Waals surface area contributed by atoms with Crippen molar-refractivity contribution in [3.63, 3.8) is 0 Å². The highest BCUT2D eigenvalue weighted by Gasteiger charge is 2.23. The number of amides is 1. The number of guanidine groups is 1. The van der Waals surface area contributed by atoms with E-state index >= 15 is 0 Å². The highest BCUT2D eigenvalue weighted by Crippen LogP contribution is 2.21. The molecule has 1 aliphatic heterocycles. The largest absolute Gasteiger partial charge is 0.347 e. The van der Waals surface area contributed by atoms with E-state index in [1.807, 2.05) is 11.9 Å². The van der Waals surface area contributed by atoms with Gasteiger partial charge in [-0.05, 0) is 37.2 Å². The van der Waals surface area contributed by atoms with Gasteiger partial charge in [-0.25, -0.2) is 0 Å². The van der Waals surface area contributed by atoms with Crippen LogP contribution < -0.4 is 5.32 Å². The van der Waals surface area contributed by atoms with Crippen LogP contribution in [0.4, 0.5) is 0 Å². The van der Waals surface area contributed by atoms with Crippen LogP contribution in [-0.2, 0) is 11.2 Å². The summed E-state index contributed by atoms with van der Waals surface area (Å²) in [6.45, 7) is 5.18. The first-order valence-corrected chi connectivity index (χ1v) is 9.87. The lowest BCUT2D eigenvalue weighted by molar-refractivity contribution is -0.131. The molecule has 1 aromatic carbocycles. The van der Waals surface area contributed by atoms with Crippen molar-refractivity contribution >= 4 is 35.8 Å². The third-order valence-corrected chi connectivity index (χ3v) is 5.15. The average molecular weight is 486 g/mol. The number of nitrogens with zero attached hydrogens (tertiary/aromatic N) is 3. The first kappa shape index (κ1) is 23.7. The van der Waals surface area contributed by atoms with Crippen LogP contribution in [0.5, 0.6) is 0 Å². The predicted molar refractivity (Wildman–Crippen MR) is 124 cm³/mol. The van der Waals surface area contributed by atoms with E-state index in [2.05, 4.69) is 52.5 Å². The SMILES string of the molecule is CCCCN(C)C(=NC)NCC(=O)N1CCC(Cc2ccccc2)CC1.I. The van der Waals surface area contributed by atoms with Gasteiger partial charge in [-0.2, -0.15) is 0 Å². The number of hydrogen-bond donors (Lipinski definition) is 1. The Kier molecular flexibility index (Phi) is 11.4. The average Bonchev–Trinajstić information content (AvgIpc) is 2.68. The van der Waals surface area contributed by atoms with Crippen LogP contribution in [0.2, 0.25) is 0 Å². The van der Waals surface area contributed by atoms with Crippen LogP contribution in [0, 0.1) is 5.92 Å². The first-order chi connectivity index (χ1) is 12.6. The minimum Gasteiger partial charge on any atom is -0.347 e. The van der Waals surface area contributed by atoms with Gasteiger partial charge in [0, 0.05) is 33.7 Å². The molecule has 0 bridgehead atoms. The molecule has 5 nitrogen and oxygen atoms in total. The number of halogens is 1. The Morgan fingerprint density at radius 2 is 1.93 bits per heavy atom. The number of carbonyl (C=O) groups excluding carboxylic acids is 1. The second kappa shape index (κ2) is 13.0. The van der Waals surface area contributed by atoms with E-state index in [4.69, 9.17) is 0 Å². The van der Waals surface area contributed by atoms with Crippen molar-refractivity contribution in [3.05, 3.63) is 35.9 Å². The summed E-state index contributed by atoms with van der Waals surface area (Å²) in [6, 6.07) is 10.7. The monoisotopic (exact) mass is 486 g/mol. The van der Waals surface area contributed by atoms with Gasteiger partial charge in [0.15, 0.2) is 5.96 Å². The van der Waals surface area contributed by atoms with Crippen molar-refractivity contribution in [1.82, 2.24) is 15.1 Å². The Labute approximate surface area is 181 Å². The summed E-state index contributed by atoms with van der Waals surface area (Å²) in [5.41, 5.74) is 1.40. The van der Waals surface area contributed by atoms with Gasteiger partial charge in [0.25, 0.3) is 0 Å². The Balaban J connectivity index is 0.00000364. The van der Waals surface area contributed by atoms with Crippen molar-refractivity contribution in [2.45, 2.75) is 39.0 Å². The highest BCUT2D eigenvalue weighted by atomic mass is 127. The normalized spacial score (nSPS) is 15.2. The van der Waals surface area contributed by atoms with Gasteiger partial charge in [0.1, 0.15) is 0 Å². The summed E-state index contributed by atoms with van der Waals surface area (Å²) in [5.74, 6) is 1.65. The molecule has 1 aromatic rings. The molecule has 1 aliphatic rings. The number of carbonyl (C=O) groups is 1. The number of unbranched alkanes of at least 4 members (excludes halogenated alkanes) is 1. The van der Waals surface area contributed by atoms with Crippen molar-refractivity contribution < 1.29 is 4.79 Å². The predicted octanol–water partition coefficient (Wildman–Crippen LogP) is 3.39. The van der Waals surface area contributed by atoms with Crippen LogP contribution in [0.1, 0.15) is 38.2 Å². The lowest BCUT2D eigenvalue weighted by atomic mass is 9.90. The van der Waals surface area contributed by atoms with Gasteiger partial charge in [0.05, 0.1) is 6.54 Å². The number of aliphatic imine (C=N–C) groups is 1. The van der Waals surface area contributed by atoms with Crippen LogP contribution >= 0.6 is 24.0 Å². The minimum absolute atomic E-state index is 0. The quantitative estimate of drug-likeness (QED) is 0.365. The van der Waals surface area contributed by atoms with Gasteiger partial charge >= 0.3 is 0 Å². The maximum absolute atomic E-state index is 12.5. The second-order valence-corrected chi connectivity index (χ2v) is 7.19. The Bertz CT molecular complexity index is 571. The van der Waals surface area contributed by atoms with Crippen molar-refractivity contribution in [2.75, 3.05) is 40.3 Å². The molecule has 6 heteroatoms. The van der Waals surface area contributed by atoms with Gasteiger partial charge in [-0.3, -0.25) is 9.79 Å². The van der Waals surface area contributed by atoms with E-state index in [9.17, 15) is 4.79 Å². The van der Waals surface area contributed by atoms with E-state index in [-0.39, 0.29) is 29.9 Å². The molecule has 1 amide bonds. The molecule has 2 rings (SSSR count). The molecular weight excluding hydrogens is 451 g/mol. The van der Waals surface area contributed by atoms with Gasteiger partial charge in [-0.1, -0.05) is 43.7 Å². The molecule has 0 atom stereocenters. The summed E-state index contributed by atoms with van der Waals surface area (Å²) < 4.78 is 0. The van der Waals surface area contributed by atoms with E-state index < -0.39 is 0 Å². The number of benzene rings is 1. The molecule has 0 saturated carbocycles. The fourth-order valence-corrected chi connectivity index (χ4v) is 3.49. The van der Waals surface area contributed by atoms with Crippen LogP contribution in [0.25, 0.3) is 0 Å². The fourth-order valence-electron chi connectivity index (χ4n) is 3.49. The van der Waals surface area contributed by atoms with Crippen molar-refractivity contribution in [1.29, 1.82) is 0 Å². The van der Waals surface area contributed by atoms with Gasteiger partial charge < -0.3 is 15.1 Å². The minimum atomic E-state index is 0. The number of likely N-dealkylation sites (tertiary alicyclic amines) is 1. The summed E-state index contributed by atoms with van der Waals surface area (Å²) in [7, 11) is 3.79. The molecule has 0 aromatic heterocycles. The third-order valence-electron chi connectivity index (χ3n) is 5.15. The summed E-state index contributed by atoms with van der Waals surface area (Å²) in [5, 5.41) is 3.21. The molecule has 0 unspecified atom stereocenters. The van der Waals surface area contributed by atoms with E-state index in [1.54, 1.807) is 7.05 Å². The molecule has 152 valence electrons. The van der Waals surface area contributed by atoms with E-state index in [0.29, 0.717) is 12.5 Å². The maximum Gasteiger partial charge on any atom is 0.241 e. The molecule has 0 aliphatic carbocycles. The maximum atomic E-state index is 12.5. The first-order valence-electron chi connectivity index (χ1n) is 9.87. The Hall–Kier alpha value is -1.31. The number of nitrogens with one attached hydrogen (secondary N) is 1. The Morgan fingerprint density at radius 1 is 1.26 bits per heavy atom. The van der Waals surface area contributed by atoms with Crippen LogP contribution in [0.3, 0.4) is 0 Å². The summed E-state index contributed by atoms with van der Waals surface area (Å²) >= 11 is 0. The molecule has 1 heterocycles. The molecule has 0 spiro atoms. The molecule has 0 radical (unpaired) electrons. The van der Waals surface area contributed by atoms with Gasteiger partial charge in [-0.15, -0.1) is 24.0 Å². The standard InChI is InChI=1S/C21H34N4O.HI/c1-4-5-13-24(3)21(22-2)23-17-20(26)25-14-11-19(12-15-25)16-18-9-7-6-8-10-18;/h6-10,19H,4-5,11-17H2,1-3H3,(H,22,23);1H. The molecular formula is C21H35IN4O.